The molecule has 0 heterocycles. The summed E-state index contributed by atoms with van der Waals surface area (Å²) in [5.41, 5.74) is 4.22. The fourth-order valence-corrected chi connectivity index (χ4v) is 6.54. The number of carbonyl (C=O) groups excluding carboxylic acids is 2. The summed E-state index contributed by atoms with van der Waals surface area (Å²) < 4.78 is 65.8. The van der Waals surface area contributed by atoms with Gasteiger partial charge >= 0.3 is 0 Å². The molecule has 1 radical (unpaired) electrons. The van der Waals surface area contributed by atoms with Crippen molar-refractivity contribution < 1.29 is 35.5 Å². The SMILES string of the molecule is Cc1cc(S(=O)(=O)O)cc(C)c1Nc1ccc(Nc2c(C)cc(S(=O)(=O)O)cc2C)c2c1C(=O)c1ccccc1C2=O.[Na]. The Balaban J connectivity index is 0.00000423. The summed E-state index contributed by atoms with van der Waals surface area (Å²) in [5.74, 6) is -0.794. The maximum absolute atomic E-state index is 13.9. The Bertz CT molecular complexity index is 1880. The van der Waals surface area contributed by atoms with Gasteiger partial charge < -0.3 is 10.6 Å². The molecule has 10 nitrogen and oxygen atoms in total. The second-order valence-corrected chi connectivity index (χ2v) is 13.0. The van der Waals surface area contributed by atoms with E-state index in [4.69, 9.17) is 0 Å². The van der Waals surface area contributed by atoms with Gasteiger partial charge in [-0.3, -0.25) is 18.7 Å². The Kier molecular flexibility index (Phi) is 8.80. The molecule has 1 aliphatic carbocycles. The summed E-state index contributed by atoms with van der Waals surface area (Å²) in [7, 11) is -8.87. The van der Waals surface area contributed by atoms with Gasteiger partial charge in [-0.25, -0.2) is 0 Å². The van der Waals surface area contributed by atoms with E-state index in [1.54, 1.807) is 64.1 Å². The van der Waals surface area contributed by atoms with E-state index in [2.05, 4.69) is 10.6 Å². The summed E-state index contributed by atoms with van der Waals surface area (Å²) in [6.45, 7) is 6.60. The average molecular weight is 630 g/mol. The number of hydrogen-bond donors (Lipinski definition) is 4. The summed E-state index contributed by atoms with van der Waals surface area (Å²) >= 11 is 0. The van der Waals surface area contributed by atoms with Crippen LogP contribution >= 0.6 is 0 Å². The number of hydrogen-bond acceptors (Lipinski definition) is 8. The van der Waals surface area contributed by atoms with Crippen LogP contribution in [0.2, 0.25) is 0 Å². The molecule has 0 saturated carbocycles. The molecule has 4 aromatic carbocycles. The third-order valence-corrected chi connectivity index (χ3v) is 8.87. The van der Waals surface area contributed by atoms with Crippen molar-refractivity contribution in [1.29, 1.82) is 0 Å². The van der Waals surface area contributed by atoms with Crippen molar-refractivity contribution in [3.63, 3.8) is 0 Å². The minimum atomic E-state index is -4.44. The van der Waals surface area contributed by atoms with E-state index in [1.807, 2.05) is 0 Å². The van der Waals surface area contributed by atoms with Gasteiger partial charge in [0.2, 0.25) is 0 Å². The Hall–Kier alpha value is -3.36. The summed E-state index contributed by atoms with van der Waals surface area (Å²) in [6.07, 6.45) is 0. The van der Waals surface area contributed by atoms with E-state index in [0.29, 0.717) is 45.0 Å². The maximum Gasteiger partial charge on any atom is 0.294 e. The van der Waals surface area contributed by atoms with Crippen molar-refractivity contribution in [3.05, 3.63) is 105 Å². The first-order valence-corrected chi connectivity index (χ1v) is 15.5. The van der Waals surface area contributed by atoms with Crippen LogP contribution in [0.5, 0.6) is 0 Å². The van der Waals surface area contributed by atoms with Crippen LogP contribution in [-0.2, 0) is 20.2 Å². The van der Waals surface area contributed by atoms with Gasteiger partial charge in [-0.1, -0.05) is 24.3 Å². The fourth-order valence-electron chi connectivity index (χ4n) is 5.24. The van der Waals surface area contributed by atoms with E-state index in [9.17, 15) is 35.5 Å². The predicted molar refractivity (Wildman–Crippen MR) is 164 cm³/mol. The molecule has 13 heteroatoms. The van der Waals surface area contributed by atoms with E-state index in [0.717, 1.165) is 0 Å². The topological polar surface area (TPSA) is 167 Å². The van der Waals surface area contributed by atoms with Crippen molar-refractivity contribution in [2.45, 2.75) is 37.5 Å². The number of anilines is 4. The van der Waals surface area contributed by atoms with E-state index >= 15 is 0 Å². The quantitative estimate of drug-likeness (QED) is 0.143. The molecule has 4 aromatic rings. The molecule has 5 rings (SSSR count). The minimum absolute atomic E-state index is 0. The normalized spacial score (nSPS) is 12.7. The summed E-state index contributed by atoms with van der Waals surface area (Å²) in [6, 6.07) is 14.9. The van der Waals surface area contributed by atoms with Crippen LogP contribution in [0.25, 0.3) is 0 Å². The fraction of sp³-hybridized carbons (Fsp3) is 0.133. The van der Waals surface area contributed by atoms with Crippen LogP contribution < -0.4 is 10.6 Å². The zero-order valence-corrected chi connectivity index (χ0v) is 27.6. The molecule has 0 aliphatic heterocycles. The first-order valence-electron chi connectivity index (χ1n) is 12.6. The van der Waals surface area contributed by atoms with E-state index in [-0.39, 0.29) is 61.6 Å². The van der Waals surface area contributed by atoms with Gasteiger partial charge in [0.15, 0.2) is 11.6 Å². The number of carbonyl (C=O) groups is 2. The number of fused-ring (bicyclic) bond motifs is 2. The van der Waals surface area contributed by atoms with Crippen molar-refractivity contribution in [2.75, 3.05) is 10.6 Å². The number of rotatable bonds is 6. The number of benzene rings is 4. The number of aryl methyl sites for hydroxylation is 4. The molecule has 217 valence electrons. The Morgan fingerprint density at radius 1 is 0.558 bits per heavy atom. The predicted octanol–water partition coefficient (Wildman–Crippen LogP) is 5.30. The molecule has 0 fully saturated rings. The smallest absolute Gasteiger partial charge is 0.294 e. The molecule has 0 aromatic heterocycles. The van der Waals surface area contributed by atoms with Gasteiger partial charge in [-0.15, -0.1) is 0 Å². The molecule has 4 N–H and O–H groups in total. The van der Waals surface area contributed by atoms with Crippen molar-refractivity contribution in [1.82, 2.24) is 0 Å². The third kappa shape index (κ3) is 6.04. The third-order valence-electron chi connectivity index (χ3n) is 7.20. The molecule has 43 heavy (non-hydrogen) atoms. The van der Waals surface area contributed by atoms with Crippen LogP contribution in [-0.4, -0.2) is 67.1 Å². The molecule has 0 amide bonds. The second kappa shape index (κ2) is 11.6. The first kappa shape index (κ1) is 32.6. The Labute approximate surface area is 271 Å². The number of ketones is 2. The molecule has 0 atom stereocenters. The summed E-state index contributed by atoms with van der Waals surface area (Å²) in [5, 5.41) is 6.39. The van der Waals surface area contributed by atoms with Gasteiger partial charge in [0.25, 0.3) is 20.2 Å². The molecule has 0 saturated heterocycles. The second-order valence-electron chi connectivity index (χ2n) is 10.2. The molecule has 0 bridgehead atoms. The molecular formula is C30H26N2NaO8S2. The first-order chi connectivity index (χ1) is 19.6. The van der Waals surface area contributed by atoms with Crippen molar-refractivity contribution >= 4 is 84.1 Å². The molecule has 0 spiro atoms. The van der Waals surface area contributed by atoms with Gasteiger partial charge in [0, 0.05) is 52.1 Å². The van der Waals surface area contributed by atoms with Crippen LogP contribution in [0, 0.1) is 27.7 Å². The Morgan fingerprint density at radius 2 is 0.860 bits per heavy atom. The average Bonchev–Trinajstić information content (AvgIpc) is 2.90. The molecule has 0 unspecified atom stereocenters. The zero-order valence-electron chi connectivity index (χ0n) is 23.9. The zero-order chi connectivity index (χ0) is 30.7. The maximum atomic E-state index is 13.9. The standard InChI is InChI=1S/C30H26N2O8S2.Na/c1-15-11-19(41(35,36)37)12-16(2)27(15)31-23-9-10-24(32-28-17(3)13-20(14-18(28)4)42(38,39)40)26-25(23)29(33)21-7-5-6-8-22(21)30(26)34;/h5-14,31-32H,1-4H3,(H,35,36,37)(H,38,39,40);. The van der Waals surface area contributed by atoms with Crippen LogP contribution in [0.15, 0.2) is 70.5 Å². The van der Waals surface area contributed by atoms with E-state index < -0.39 is 31.8 Å². The van der Waals surface area contributed by atoms with E-state index in [1.165, 1.54) is 24.3 Å². The largest absolute Gasteiger partial charge is 0.354 e. The van der Waals surface area contributed by atoms with Crippen LogP contribution in [0.3, 0.4) is 0 Å². The monoisotopic (exact) mass is 629 g/mol. The molecule has 1 aliphatic rings. The Morgan fingerprint density at radius 3 is 1.14 bits per heavy atom. The van der Waals surface area contributed by atoms with Gasteiger partial charge in [-0.2, -0.15) is 16.8 Å². The van der Waals surface area contributed by atoms with Crippen molar-refractivity contribution in [2.24, 2.45) is 0 Å². The van der Waals surface area contributed by atoms with Crippen LogP contribution in [0.4, 0.5) is 22.7 Å². The summed E-state index contributed by atoms with van der Waals surface area (Å²) in [4.78, 5) is 27.2. The van der Waals surface area contributed by atoms with Crippen LogP contribution in [0.1, 0.15) is 54.1 Å². The van der Waals surface area contributed by atoms with Gasteiger partial charge in [-0.05, 0) is 86.3 Å². The van der Waals surface area contributed by atoms with Gasteiger partial charge in [0.05, 0.1) is 32.3 Å². The van der Waals surface area contributed by atoms with Crippen molar-refractivity contribution in [3.8, 4) is 0 Å². The molecular weight excluding hydrogens is 603 g/mol. The number of nitrogens with one attached hydrogen (secondary N) is 2. The minimum Gasteiger partial charge on any atom is -0.354 e. The van der Waals surface area contributed by atoms with Gasteiger partial charge in [0.1, 0.15) is 0 Å².